The van der Waals surface area contributed by atoms with Crippen LogP contribution in [0, 0.1) is 0 Å². The number of carbonyl (C=O) groups is 1. The Kier molecular flexibility index (Phi) is 3.40. The third-order valence-corrected chi connectivity index (χ3v) is 5.35. The van der Waals surface area contributed by atoms with Gasteiger partial charge in [0.2, 0.25) is 6.79 Å². The lowest BCUT2D eigenvalue weighted by Gasteiger charge is -2.14. The van der Waals surface area contributed by atoms with E-state index in [2.05, 4.69) is 0 Å². The molecule has 0 unspecified atom stereocenters. The monoisotopic (exact) mass is 347 g/mol. The second-order valence-electron chi connectivity index (χ2n) is 4.57. The zero-order chi connectivity index (χ0) is 15.1. The highest BCUT2D eigenvalue weighted by atomic mass is 32.2. The summed E-state index contributed by atoms with van der Waals surface area (Å²) >= 11 is 8.26. The molecule has 1 fully saturated rings. The van der Waals surface area contributed by atoms with Crippen LogP contribution in [0.4, 0.5) is 5.69 Å². The number of thiocarbonyl (C=S) groups is 1. The Morgan fingerprint density at radius 3 is 2.91 bits per heavy atom. The van der Waals surface area contributed by atoms with E-state index in [1.54, 1.807) is 23.5 Å². The molecule has 4 rings (SSSR count). The minimum absolute atomic E-state index is 0.109. The maximum atomic E-state index is 12.6. The molecule has 3 heterocycles. The lowest BCUT2D eigenvalue weighted by Crippen LogP contribution is -2.27. The number of benzene rings is 1. The molecule has 1 amide bonds. The molecule has 2 aliphatic heterocycles. The third-order valence-electron chi connectivity index (χ3n) is 3.22. The molecule has 1 aromatic heterocycles. The topological polar surface area (TPSA) is 38.8 Å². The molecule has 0 bridgehead atoms. The molecule has 0 radical (unpaired) electrons. The lowest BCUT2D eigenvalue weighted by atomic mass is 10.2. The normalized spacial score (nSPS) is 18.5. The number of rotatable bonds is 2. The number of carbonyl (C=O) groups excluding carboxylic acids is 1. The first-order valence-corrected chi connectivity index (χ1v) is 8.54. The molecular weight excluding hydrogens is 338 g/mol. The van der Waals surface area contributed by atoms with E-state index in [9.17, 15) is 4.79 Å². The maximum absolute atomic E-state index is 12.6. The molecule has 0 N–H and O–H groups in total. The highest BCUT2D eigenvalue weighted by molar-refractivity contribution is 8.27. The van der Waals surface area contributed by atoms with Crippen molar-refractivity contribution < 1.29 is 14.3 Å². The third kappa shape index (κ3) is 2.31. The molecule has 1 aromatic carbocycles. The highest BCUT2D eigenvalue weighted by Crippen LogP contribution is 2.40. The number of amides is 1. The van der Waals surface area contributed by atoms with Crippen LogP contribution in [0.5, 0.6) is 11.5 Å². The number of hydrogen-bond donors (Lipinski definition) is 0. The molecule has 110 valence electrons. The zero-order valence-electron chi connectivity index (χ0n) is 11.1. The van der Waals surface area contributed by atoms with Crippen molar-refractivity contribution in [2.75, 3.05) is 11.7 Å². The van der Waals surface area contributed by atoms with Crippen molar-refractivity contribution >= 4 is 57.3 Å². The van der Waals surface area contributed by atoms with Gasteiger partial charge in [0.15, 0.2) is 15.8 Å². The van der Waals surface area contributed by atoms with Crippen LogP contribution in [0.3, 0.4) is 0 Å². The van der Waals surface area contributed by atoms with Gasteiger partial charge in [0.25, 0.3) is 5.91 Å². The van der Waals surface area contributed by atoms with Gasteiger partial charge in [-0.1, -0.05) is 30.0 Å². The van der Waals surface area contributed by atoms with E-state index in [1.165, 1.54) is 16.7 Å². The van der Waals surface area contributed by atoms with Crippen molar-refractivity contribution in [2.24, 2.45) is 0 Å². The van der Waals surface area contributed by atoms with Gasteiger partial charge in [-0.15, -0.1) is 11.3 Å². The van der Waals surface area contributed by atoms with Gasteiger partial charge in [-0.05, 0) is 29.7 Å². The summed E-state index contributed by atoms with van der Waals surface area (Å²) in [5.41, 5.74) is 0.696. The van der Waals surface area contributed by atoms with Gasteiger partial charge in [0.05, 0.1) is 10.6 Å². The van der Waals surface area contributed by atoms with E-state index in [0.717, 1.165) is 4.88 Å². The van der Waals surface area contributed by atoms with Crippen molar-refractivity contribution in [1.29, 1.82) is 0 Å². The van der Waals surface area contributed by atoms with E-state index in [4.69, 9.17) is 21.7 Å². The minimum Gasteiger partial charge on any atom is -0.454 e. The number of anilines is 1. The lowest BCUT2D eigenvalue weighted by molar-refractivity contribution is -0.113. The fourth-order valence-electron chi connectivity index (χ4n) is 2.22. The number of thioether (sulfide) groups is 1. The Hall–Kier alpha value is -1.83. The van der Waals surface area contributed by atoms with Crippen LogP contribution in [0.1, 0.15) is 4.88 Å². The molecule has 0 aliphatic carbocycles. The number of ether oxygens (including phenoxy) is 2. The van der Waals surface area contributed by atoms with Crippen molar-refractivity contribution in [3.8, 4) is 11.5 Å². The first-order chi connectivity index (χ1) is 10.7. The fourth-order valence-corrected chi connectivity index (χ4v) is 4.24. The van der Waals surface area contributed by atoms with Gasteiger partial charge in [-0.2, -0.15) is 0 Å². The summed E-state index contributed by atoms with van der Waals surface area (Å²) in [4.78, 5) is 15.8. The summed E-state index contributed by atoms with van der Waals surface area (Å²) in [6.45, 7) is 0.204. The quantitative estimate of drug-likeness (QED) is 0.609. The van der Waals surface area contributed by atoms with Crippen molar-refractivity contribution in [3.05, 3.63) is 45.5 Å². The average Bonchev–Trinajstić information content (AvgIpc) is 3.21. The molecule has 7 heteroatoms. The summed E-state index contributed by atoms with van der Waals surface area (Å²) in [6.07, 6.45) is 1.87. The first kappa shape index (κ1) is 13.8. The highest BCUT2D eigenvalue weighted by Gasteiger charge is 2.34. The van der Waals surface area contributed by atoms with Crippen LogP contribution < -0.4 is 14.4 Å². The molecule has 4 nitrogen and oxygen atoms in total. The second kappa shape index (κ2) is 5.42. The van der Waals surface area contributed by atoms with Crippen molar-refractivity contribution in [2.45, 2.75) is 0 Å². The minimum atomic E-state index is -0.109. The van der Waals surface area contributed by atoms with Crippen LogP contribution in [-0.4, -0.2) is 17.0 Å². The Balaban J connectivity index is 1.68. The zero-order valence-corrected chi connectivity index (χ0v) is 13.6. The standard InChI is InChI=1S/C15H9NO3S3/c17-14-13(7-10-2-1-5-21-10)22-15(20)16(14)9-3-4-11-12(6-9)19-8-18-11/h1-7H,8H2/b13-7-. The van der Waals surface area contributed by atoms with Gasteiger partial charge in [0, 0.05) is 10.9 Å². The van der Waals surface area contributed by atoms with Gasteiger partial charge >= 0.3 is 0 Å². The number of hydrogen-bond acceptors (Lipinski definition) is 6. The van der Waals surface area contributed by atoms with Gasteiger partial charge in [0.1, 0.15) is 0 Å². The van der Waals surface area contributed by atoms with Gasteiger partial charge in [-0.25, -0.2) is 0 Å². The van der Waals surface area contributed by atoms with E-state index in [-0.39, 0.29) is 12.7 Å². The molecule has 2 aliphatic rings. The van der Waals surface area contributed by atoms with Crippen molar-refractivity contribution in [1.82, 2.24) is 0 Å². The molecule has 22 heavy (non-hydrogen) atoms. The number of fused-ring (bicyclic) bond motifs is 1. The summed E-state index contributed by atoms with van der Waals surface area (Å²) in [7, 11) is 0. The first-order valence-electron chi connectivity index (χ1n) is 6.43. The Labute approximate surface area is 140 Å². The predicted octanol–water partition coefficient (Wildman–Crippen LogP) is 3.88. The molecule has 0 saturated carbocycles. The van der Waals surface area contributed by atoms with E-state index >= 15 is 0 Å². The predicted molar refractivity (Wildman–Crippen MR) is 92.5 cm³/mol. The number of nitrogens with zero attached hydrogens (tertiary/aromatic N) is 1. The summed E-state index contributed by atoms with van der Waals surface area (Å²) in [5.74, 6) is 1.21. The average molecular weight is 347 g/mol. The maximum Gasteiger partial charge on any atom is 0.270 e. The van der Waals surface area contributed by atoms with E-state index in [0.29, 0.717) is 26.4 Å². The molecule has 0 atom stereocenters. The Bertz CT molecular complexity index is 798. The van der Waals surface area contributed by atoms with E-state index in [1.807, 2.05) is 29.7 Å². The smallest absolute Gasteiger partial charge is 0.270 e. The Morgan fingerprint density at radius 1 is 1.23 bits per heavy atom. The molecule has 2 aromatic rings. The fraction of sp³-hybridized carbons (Fsp3) is 0.0667. The molecule has 0 spiro atoms. The van der Waals surface area contributed by atoms with Crippen LogP contribution in [-0.2, 0) is 4.79 Å². The van der Waals surface area contributed by atoms with Crippen molar-refractivity contribution in [3.63, 3.8) is 0 Å². The molecular formula is C15H9NO3S3. The SMILES string of the molecule is O=C1/C(=C/c2cccs2)SC(=S)N1c1ccc2c(c1)OCO2. The number of thiophene rings is 1. The summed E-state index contributed by atoms with van der Waals surface area (Å²) in [6, 6.07) is 9.31. The van der Waals surface area contributed by atoms with Crippen LogP contribution in [0.25, 0.3) is 6.08 Å². The van der Waals surface area contributed by atoms with E-state index < -0.39 is 0 Å². The van der Waals surface area contributed by atoms with Crippen LogP contribution in [0.2, 0.25) is 0 Å². The van der Waals surface area contributed by atoms with Gasteiger partial charge < -0.3 is 9.47 Å². The van der Waals surface area contributed by atoms with Crippen LogP contribution in [0.15, 0.2) is 40.6 Å². The summed E-state index contributed by atoms with van der Waals surface area (Å²) < 4.78 is 11.2. The Morgan fingerprint density at radius 2 is 2.09 bits per heavy atom. The summed E-state index contributed by atoms with van der Waals surface area (Å²) in [5, 5.41) is 1.98. The van der Waals surface area contributed by atoms with Crippen LogP contribution >= 0.6 is 35.3 Å². The van der Waals surface area contributed by atoms with Gasteiger partial charge in [-0.3, -0.25) is 9.69 Å². The molecule has 1 saturated heterocycles. The largest absolute Gasteiger partial charge is 0.454 e. The second-order valence-corrected chi connectivity index (χ2v) is 7.23.